The van der Waals surface area contributed by atoms with E-state index in [2.05, 4.69) is 32.8 Å². The summed E-state index contributed by atoms with van der Waals surface area (Å²) in [5, 5.41) is 0. The van der Waals surface area contributed by atoms with Gasteiger partial charge >= 0.3 is 0 Å². The molecule has 0 amide bonds. The molecule has 0 aromatic carbocycles. The van der Waals surface area contributed by atoms with Crippen LogP contribution < -0.4 is 0 Å². The Morgan fingerprint density at radius 2 is 1.07 bits per heavy atom. The van der Waals surface area contributed by atoms with Gasteiger partial charge in [-0.1, -0.05) is 110 Å². The molecule has 5 rings (SSSR count). The van der Waals surface area contributed by atoms with Gasteiger partial charge in [0, 0.05) is 0 Å². The van der Waals surface area contributed by atoms with Crippen molar-refractivity contribution in [1.82, 2.24) is 4.90 Å². The third kappa shape index (κ3) is 12.2. The number of hydrogen-bond donors (Lipinski definition) is 0. The standard InChI is InChI=1S/C41H75NO/c1-5-34-25-37(34)27-39-29-40(39)28-38-26-36(38)19-15-11-7-9-13-17-22-41(30-33(31-43-41)20-23-42(3)4)21-16-12-8-6-10-14-18-35-24-32(35)2/h32-40H,5-31H2,1-4H3. The second-order valence-electron chi connectivity index (χ2n) is 17.6. The van der Waals surface area contributed by atoms with Gasteiger partial charge in [-0.25, -0.2) is 0 Å². The van der Waals surface area contributed by atoms with Gasteiger partial charge in [0.2, 0.25) is 0 Å². The molecule has 10 unspecified atom stereocenters. The van der Waals surface area contributed by atoms with Crippen molar-refractivity contribution in [3.8, 4) is 0 Å². The second-order valence-corrected chi connectivity index (χ2v) is 17.6. The van der Waals surface area contributed by atoms with Crippen LogP contribution in [0.3, 0.4) is 0 Å². The minimum atomic E-state index is 0.219. The SMILES string of the molecule is CCC1CC1CC1CC1CC1CC1CCCCCCCCC1(CCCCCCCCC2CC2C)CC(CCN(C)C)CO1. The highest BCUT2D eigenvalue weighted by Gasteiger charge is 2.48. The van der Waals surface area contributed by atoms with Gasteiger partial charge in [0.25, 0.3) is 0 Å². The Bertz CT molecular complexity index is 780. The highest BCUT2D eigenvalue weighted by molar-refractivity contribution is 4.98. The normalized spacial score (nSPS) is 37.7. The Morgan fingerprint density at radius 3 is 1.63 bits per heavy atom. The van der Waals surface area contributed by atoms with Crippen LogP contribution in [0, 0.1) is 53.3 Å². The zero-order valence-electron chi connectivity index (χ0n) is 29.6. The lowest BCUT2D eigenvalue weighted by Crippen LogP contribution is -2.28. The van der Waals surface area contributed by atoms with E-state index in [0.29, 0.717) is 0 Å². The van der Waals surface area contributed by atoms with Gasteiger partial charge in [-0.3, -0.25) is 0 Å². The summed E-state index contributed by atoms with van der Waals surface area (Å²) < 4.78 is 6.71. The first-order valence-corrected chi connectivity index (χ1v) is 20.2. The van der Waals surface area contributed by atoms with E-state index in [-0.39, 0.29) is 5.60 Å². The van der Waals surface area contributed by atoms with E-state index in [9.17, 15) is 0 Å². The van der Waals surface area contributed by atoms with Crippen molar-refractivity contribution in [2.75, 3.05) is 27.2 Å². The van der Waals surface area contributed by atoms with Gasteiger partial charge in [-0.2, -0.15) is 0 Å². The molecule has 10 atom stereocenters. The highest BCUT2D eigenvalue weighted by Crippen LogP contribution is 2.58. The molecule has 2 nitrogen and oxygen atoms in total. The van der Waals surface area contributed by atoms with Crippen molar-refractivity contribution in [1.29, 1.82) is 0 Å². The van der Waals surface area contributed by atoms with E-state index in [4.69, 9.17) is 4.74 Å². The summed E-state index contributed by atoms with van der Waals surface area (Å²) in [6, 6.07) is 0. The van der Waals surface area contributed by atoms with E-state index in [0.717, 1.165) is 59.9 Å². The average molecular weight is 598 g/mol. The van der Waals surface area contributed by atoms with Gasteiger partial charge in [-0.05, 0) is 138 Å². The number of hydrogen-bond acceptors (Lipinski definition) is 2. The maximum atomic E-state index is 6.71. The Hall–Kier alpha value is -0.0800. The number of ether oxygens (including phenoxy) is 1. The molecule has 43 heavy (non-hydrogen) atoms. The average Bonchev–Trinajstić information content (AvgIpc) is 3.88. The molecule has 0 N–H and O–H groups in total. The minimum Gasteiger partial charge on any atom is -0.375 e. The highest BCUT2D eigenvalue weighted by atomic mass is 16.5. The maximum Gasteiger partial charge on any atom is 0.0686 e. The Morgan fingerprint density at radius 1 is 0.581 bits per heavy atom. The van der Waals surface area contributed by atoms with E-state index in [1.54, 1.807) is 38.5 Å². The fourth-order valence-electron chi connectivity index (χ4n) is 9.68. The maximum absolute atomic E-state index is 6.71. The molecule has 4 saturated carbocycles. The Kier molecular flexibility index (Phi) is 13.7. The van der Waals surface area contributed by atoms with Crippen molar-refractivity contribution < 1.29 is 4.74 Å². The van der Waals surface area contributed by atoms with Crippen LogP contribution in [0.4, 0.5) is 0 Å². The molecule has 0 bridgehead atoms. The van der Waals surface area contributed by atoms with Crippen LogP contribution >= 0.6 is 0 Å². The van der Waals surface area contributed by atoms with Crippen molar-refractivity contribution >= 4 is 0 Å². The van der Waals surface area contributed by atoms with E-state index < -0.39 is 0 Å². The summed E-state index contributed by atoms with van der Waals surface area (Å²) in [7, 11) is 4.44. The van der Waals surface area contributed by atoms with Gasteiger partial charge in [0.1, 0.15) is 0 Å². The van der Waals surface area contributed by atoms with E-state index in [1.807, 2.05) is 0 Å². The summed E-state index contributed by atoms with van der Waals surface area (Å²) in [6.07, 6.45) is 36.7. The summed E-state index contributed by atoms with van der Waals surface area (Å²) >= 11 is 0. The smallest absolute Gasteiger partial charge is 0.0686 e. The lowest BCUT2D eigenvalue weighted by atomic mass is 9.83. The monoisotopic (exact) mass is 598 g/mol. The Labute approximate surface area is 269 Å². The first-order valence-electron chi connectivity index (χ1n) is 20.2. The van der Waals surface area contributed by atoms with Crippen LogP contribution in [-0.2, 0) is 4.74 Å². The molecule has 2 heteroatoms. The second kappa shape index (κ2) is 17.2. The summed E-state index contributed by atoms with van der Waals surface area (Å²) in [5.41, 5.74) is 0.219. The molecule has 250 valence electrons. The molecule has 0 radical (unpaired) electrons. The largest absolute Gasteiger partial charge is 0.375 e. The molecular formula is C41H75NO. The molecular weight excluding hydrogens is 522 g/mol. The van der Waals surface area contributed by atoms with Crippen molar-refractivity contribution in [2.45, 2.75) is 180 Å². The van der Waals surface area contributed by atoms with Crippen LogP contribution in [0.25, 0.3) is 0 Å². The molecule has 0 aromatic heterocycles. The number of nitrogens with zero attached hydrogens (tertiary/aromatic N) is 1. The molecule has 5 fully saturated rings. The Balaban J connectivity index is 0.865. The summed E-state index contributed by atoms with van der Waals surface area (Å²) in [4.78, 5) is 2.35. The first-order chi connectivity index (χ1) is 20.9. The van der Waals surface area contributed by atoms with E-state index >= 15 is 0 Å². The molecule has 0 spiro atoms. The molecule has 1 heterocycles. The van der Waals surface area contributed by atoms with Crippen molar-refractivity contribution in [3.05, 3.63) is 0 Å². The molecule has 4 aliphatic carbocycles. The number of rotatable bonds is 26. The minimum absolute atomic E-state index is 0.219. The van der Waals surface area contributed by atoms with Gasteiger partial charge in [0.15, 0.2) is 0 Å². The summed E-state index contributed by atoms with van der Waals surface area (Å²) in [6.45, 7) is 7.07. The zero-order chi connectivity index (χ0) is 30.1. The zero-order valence-corrected chi connectivity index (χ0v) is 29.6. The van der Waals surface area contributed by atoms with Crippen LogP contribution in [0.2, 0.25) is 0 Å². The molecule has 1 aliphatic heterocycles. The molecule has 0 aromatic rings. The van der Waals surface area contributed by atoms with Crippen LogP contribution in [0.5, 0.6) is 0 Å². The topological polar surface area (TPSA) is 12.5 Å². The van der Waals surface area contributed by atoms with Gasteiger partial charge in [-0.15, -0.1) is 0 Å². The van der Waals surface area contributed by atoms with Gasteiger partial charge < -0.3 is 9.64 Å². The predicted octanol–water partition coefficient (Wildman–Crippen LogP) is 11.7. The predicted molar refractivity (Wildman–Crippen MR) is 185 cm³/mol. The third-order valence-corrected chi connectivity index (χ3v) is 13.4. The van der Waals surface area contributed by atoms with Crippen LogP contribution in [0.15, 0.2) is 0 Å². The lowest BCUT2D eigenvalue weighted by Gasteiger charge is -2.29. The number of unbranched alkanes of at least 4 members (excludes halogenated alkanes) is 10. The van der Waals surface area contributed by atoms with Crippen molar-refractivity contribution in [2.24, 2.45) is 53.3 Å². The third-order valence-electron chi connectivity index (χ3n) is 13.4. The van der Waals surface area contributed by atoms with Crippen molar-refractivity contribution in [3.63, 3.8) is 0 Å². The van der Waals surface area contributed by atoms with Crippen LogP contribution in [-0.4, -0.2) is 37.7 Å². The quantitative estimate of drug-likeness (QED) is 0.0920. The van der Waals surface area contributed by atoms with Crippen LogP contribution in [0.1, 0.15) is 174 Å². The summed E-state index contributed by atoms with van der Waals surface area (Å²) in [5.74, 6) is 9.73. The first kappa shape index (κ1) is 34.3. The fraction of sp³-hybridized carbons (Fsp3) is 1.00. The van der Waals surface area contributed by atoms with E-state index in [1.165, 1.54) is 129 Å². The lowest BCUT2D eigenvalue weighted by molar-refractivity contribution is -0.0142. The van der Waals surface area contributed by atoms with Gasteiger partial charge in [0.05, 0.1) is 12.2 Å². The fourth-order valence-corrected chi connectivity index (χ4v) is 9.68. The molecule has 1 saturated heterocycles. The molecule has 5 aliphatic rings.